The van der Waals surface area contributed by atoms with Crippen molar-refractivity contribution in [2.24, 2.45) is 0 Å². The molecule has 0 bridgehead atoms. The summed E-state index contributed by atoms with van der Waals surface area (Å²) in [4.78, 5) is 0. The molecule has 4 aromatic rings. The van der Waals surface area contributed by atoms with Crippen molar-refractivity contribution in [1.82, 2.24) is 0 Å². The van der Waals surface area contributed by atoms with E-state index in [1.807, 2.05) is 0 Å². The van der Waals surface area contributed by atoms with Gasteiger partial charge in [-0.3, -0.25) is 0 Å². The zero-order valence-corrected chi connectivity index (χ0v) is 41.3. The van der Waals surface area contributed by atoms with E-state index in [4.69, 9.17) is 0 Å². The fourth-order valence-electron chi connectivity index (χ4n) is 8.03. The van der Waals surface area contributed by atoms with E-state index in [0.29, 0.717) is 0 Å². The van der Waals surface area contributed by atoms with Gasteiger partial charge in [-0.15, -0.1) is 0 Å². The maximum absolute atomic E-state index is 2.93. The van der Waals surface area contributed by atoms with Gasteiger partial charge in [0.25, 0.3) is 0 Å². The summed E-state index contributed by atoms with van der Waals surface area (Å²) < 4.78 is 7.59. The molecular formula is C47H54Cl2I2Zr. The maximum atomic E-state index is 2.64. The van der Waals surface area contributed by atoms with E-state index >= 15 is 0 Å². The summed E-state index contributed by atoms with van der Waals surface area (Å²) >= 11 is 1.99. The van der Waals surface area contributed by atoms with Gasteiger partial charge in [0.05, 0.1) is 0 Å². The van der Waals surface area contributed by atoms with Crippen LogP contribution < -0.4 is 28.1 Å². The van der Waals surface area contributed by atoms with E-state index in [2.05, 4.69) is 213 Å². The first-order valence-electron chi connectivity index (χ1n) is 18.2. The minimum absolute atomic E-state index is 0. The molecule has 0 atom stereocenters. The third kappa shape index (κ3) is 8.75. The first-order chi connectivity index (χ1) is 23.2. The number of halogens is 4. The van der Waals surface area contributed by atoms with Gasteiger partial charge in [0.15, 0.2) is 0 Å². The predicted octanol–water partition coefficient (Wildman–Crippen LogP) is 7.02. The van der Waals surface area contributed by atoms with Gasteiger partial charge in [-0.05, 0) is 0 Å². The number of hydrogen-bond donors (Lipinski definition) is 0. The van der Waals surface area contributed by atoms with Crippen LogP contribution in [0.1, 0.15) is 134 Å². The van der Waals surface area contributed by atoms with E-state index in [0.717, 1.165) is 12.8 Å². The first kappa shape index (κ1) is 43.9. The average Bonchev–Trinajstić information content (AvgIpc) is 3.66. The number of rotatable bonds is 4. The molecule has 0 saturated carbocycles. The van der Waals surface area contributed by atoms with Crippen LogP contribution in [0.5, 0.6) is 0 Å². The molecule has 0 N–H and O–H groups in total. The maximum Gasteiger partial charge on any atom is -1.00 e. The van der Waals surface area contributed by atoms with E-state index in [9.17, 15) is 0 Å². The normalized spacial score (nSPS) is 13.8. The fourth-order valence-corrected chi connectivity index (χ4v) is 17.8. The summed E-state index contributed by atoms with van der Waals surface area (Å²) in [5.41, 5.74) is 15.1. The van der Waals surface area contributed by atoms with Crippen molar-refractivity contribution in [3.8, 4) is 11.1 Å². The molecule has 4 aromatic carbocycles. The minimum Gasteiger partial charge on any atom is -1.00 e. The van der Waals surface area contributed by atoms with E-state index in [1.54, 1.807) is 20.9 Å². The molecular weight excluding hydrogens is 980 g/mol. The van der Waals surface area contributed by atoms with E-state index < -0.39 is 21.3 Å². The quantitative estimate of drug-likeness (QED) is 0.170. The second-order valence-corrected chi connectivity index (χ2v) is 26.9. The molecule has 2 aliphatic carbocycles. The van der Waals surface area contributed by atoms with E-state index in [-0.39, 0.29) is 46.5 Å². The zero-order valence-electron chi connectivity index (χ0n) is 33.0. The second-order valence-electron chi connectivity index (χ2n) is 18.5. The van der Waals surface area contributed by atoms with Gasteiger partial charge in [0, 0.05) is 0 Å². The van der Waals surface area contributed by atoms with Crippen LogP contribution in [0.4, 0.5) is 0 Å². The Balaban J connectivity index is 0.00000302. The smallest absolute Gasteiger partial charge is 1.00 e. The van der Waals surface area contributed by atoms with Crippen molar-refractivity contribution >= 4 is 51.7 Å². The Bertz CT molecular complexity index is 2020. The van der Waals surface area contributed by atoms with Crippen molar-refractivity contribution in [3.05, 3.63) is 140 Å². The Hall–Kier alpha value is -0.847. The Morgan fingerprint density at radius 2 is 1.04 bits per heavy atom. The Morgan fingerprint density at radius 1 is 0.577 bits per heavy atom. The summed E-state index contributed by atoms with van der Waals surface area (Å²) in [6.07, 6.45) is 9.31. The van der Waals surface area contributed by atoms with Crippen LogP contribution in [-0.4, -0.2) is 3.21 Å². The molecule has 0 aromatic heterocycles. The molecule has 0 fully saturated rings. The van der Waals surface area contributed by atoms with Gasteiger partial charge >= 0.3 is 342 Å². The summed E-state index contributed by atoms with van der Waals surface area (Å²) in [5.74, 6) is 0. The molecule has 0 nitrogen and oxygen atoms in total. The molecule has 2 aliphatic rings. The van der Waals surface area contributed by atoms with Crippen LogP contribution in [0.3, 0.4) is 0 Å². The predicted molar refractivity (Wildman–Crippen MR) is 232 cm³/mol. The van der Waals surface area contributed by atoms with Gasteiger partial charge in [0.2, 0.25) is 0 Å². The summed E-state index contributed by atoms with van der Waals surface area (Å²) in [6, 6.07) is 26.7. The monoisotopic (exact) mass is 1030 g/mol. The van der Waals surface area contributed by atoms with Gasteiger partial charge in [-0.1, -0.05) is 0 Å². The van der Waals surface area contributed by atoms with Crippen LogP contribution in [-0.2, 0) is 49.3 Å². The number of hydrogen-bond acceptors (Lipinski definition) is 0. The SMILES string of the molecule is CC(C)(C)c1cc2c(cc1C(C)(C)C)-c1cc(C(C)(C)C)c(C(C)(C)C)[c]([Zr+2]([C]3=CC=CC3)=[C](c3ccc(I)cc3)c3ccc(I)cc3)c1C2.[Cl-].[Cl-]. The molecule has 274 valence electrons. The summed E-state index contributed by atoms with van der Waals surface area (Å²) in [6.45, 7) is 29.1. The number of benzene rings is 4. The molecule has 0 unspecified atom stereocenters. The molecule has 0 amide bonds. The summed E-state index contributed by atoms with van der Waals surface area (Å²) in [5, 5.41) is 0. The Morgan fingerprint density at radius 3 is 1.46 bits per heavy atom. The van der Waals surface area contributed by atoms with Crippen molar-refractivity contribution in [3.63, 3.8) is 0 Å². The molecule has 52 heavy (non-hydrogen) atoms. The molecule has 0 spiro atoms. The topological polar surface area (TPSA) is 0 Å². The second kappa shape index (κ2) is 16.0. The van der Waals surface area contributed by atoms with Crippen molar-refractivity contribution < 1.29 is 46.1 Å². The van der Waals surface area contributed by atoms with Gasteiger partial charge in [-0.25, -0.2) is 0 Å². The average molecular weight is 1030 g/mol. The number of allylic oxidation sites excluding steroid dienone is 4. The number of fused-ring (bicyclic) bond motifs is 3. The Labute approximate surface area is 362 Å². The van der Waals surface area contributed by atoms with Crippen molar-refractivity contribution in [2.75, 3.05) is 0 Å². The third-order valence-corrected chi connectivity index (χ3v) is 19.5. The molecule has 6 rings (SSSR count). The Kier molecular flexibility index (Phi) is 13.5. The molecule has 0 radical (unpaired) electrons. The first-order valence-corrected chi connectivity index (χ1v) is 24.0. The van der Waals surface area contributed by atoms with Gasteiger partial charge < -0.3 is 24.8 Å². The largest absolute Gasteiger partial charge is 1.00 e. The minimum atomic E-state index is -2.93. The van der Waals surface area contributed by atoms with Crippen LogP contribution in [0.15, 0.2) is 88.2 Å². The van der Waals surface area contributed by atoms with Crippen LogP contribution in [0.2, 0.25) is 0 Å². The van der Waals surface area contributed by atoms with Gasteiger partial charge in [0.1, 0.15) is 0 Å². The van der Waals surface area contributed by atoms with Crippen LogP contribution in [0.25, 0.3) is 11.1 Å². The van der Waals surface area contributed by atoms with Gasteiger partial charge in [-0.2, -0.15) is 0 Å². The molecule has 0 heterocycles. The summed E-state index contributed by atoms with van der Waals surface area (Å²) in [7, 11) is 0. The zero-order chi connectivity index (χ0) is 36.6. The molecule has 5 heteroatoms. The van der Waals surface area contributed by atoms with Crippen molar-refractivity contribution in [1.29, 1.82) is 0 Å². The third-order valence-electron chi connectivity index (χ3n) is 10.4. The molecule has 0 aliphatic heterocycles. The van der Waals surface area contributed by atoms with Crippen LogP contribution >= 0.6 is 45.2 Å². The van der Waals surface area contributed by atoms with Crippen LogP contribution in [0, 0.1) is 7.14 Å². The van der Waals surface area contributed by atoms with E-state index in [1.165, 1.54) is 51.6 Å². The molecule has 0 saturated heterocycles. The van der Waals surface area contributed by atoms with Crippen molar-refractivity contribution in [2.45, 2.75) is 118 Å². The standard InChI is InChI=1S/C29H41.C13H8I2.C5H5.2ClH.Zr/c1-26(2,3)22-14-18-13-19-15-23(27(4,5)6)25(29(10,11)12)17-21(19)20(18)16-24(22)28(7,8)9;14-12-5-1-10(2-6-12)9-11-3-7-13(15)8-4-11;1-2-4-5-3-1;;;/h14,16-17H,13H2,1-12H3;1-8H;1-3H,4H2;2*1H;/q;;;;;+2/p-2. The fraction of sp³-hybridized carbons (Fsp3) is 0.383.